The van der Waals surface area contributed by atoms with Crippen LogP contribution in [0.3, 0.4) is 0 Å². The summed E-state index contributed by atoms with van der Waals surface area (Å²) in [6, 6.07) is 2.87. The molecule has 3 N–H and O–H groups in total. The second-order valence-electron chi connectivity index (χ2n) is 4.45. The number of rotatable bonds is 3. The lowest BCUT2D eigenvalue weighted by Crippen LogP contribution is -2.32. The average molecular weight is 308 g/mol. The second kappa shape index (κ2) is 7.84. The highest BCUT2D eigenvalue weighted by atomic mass is 16.7. The Hall–Kier alpha value is -2.81. The molecule has 9 heteroatoms. The Morgan fingerprint density at radius 1 is 1.23 bits per heavy atom. The number of pyridine rings is 1. The molecule has 1 aliphatic rings. The molecular formula is C13H16N4O5. The van der Waals surface area contributed by atoms with Gasteiger partial charge in [0.25, 0.3) is 11.8 Å². The summed E-state index contributed by atoms with van der Waals surface area (Å²) in [5.41, 5.74) is 2.41. The average Bonchev–Trinajstić information content (AvgIpc) is 2.78. The van der Waals surface area contributed by atoms with E-state index in [2.05, 4.69) is 10.4 Å². The van der Waals surface area contributed by atoms with Crippen LogP contribution in [0.15, 0.2) is 18.3 Å². The number of anilines is 1. The van der Waals surface area contributed by atoms with E-state index in [0.717, 1.165) is 0 Å². The second-order valence-corrected chi connectivity index (χ2v) is 4.45. The molecular weight excluding hydrogens is 292 g/mol. The Labute approximate surface area is 126 Å². The van der Waals surface area contributed by atoms with Gasteiger partial charge in [-0.2, -0.15) is 0 Å². The number of carbonyl (C=O) groups excluding carboxylic acids is 4. The predicted molar refractivity (Wildman–Crippen MR) is 74.9 cm³/mol. The molecule has 1 aromatic heterocycles. The largest absolute Gasteiger partial charge is 0.365 e. The molecule has 118 valence electrons. The SMILES string of the molecule is CC(C)=O.NNc1ccc(C(=O)ON2C(=O)CCC2=O)cn1. The summed E-state index contributed by atoms with van der Waals surface area (Å²) < 4.78 is 0. The van der Waals surface area contributed by atoms with Gasteiger partial charge < -0.3 is 15.1 Å². The first kappa shape index (κ1) is 17.2. The molecule has 0 aliphatic carbocycles. The van der Waals surface area contributed by atoms with E-state index in [4.69, 9.17) is 10.7 Å². The smallest absolute Gasteiger partial charge is 0.325 e. The fraction of sp³-hybridized carbons (Fsp3) is 0.308. The van der Waals surface area contributed by atoms with Crippen LogP contribution in [0, 0.1) is 0 Å². The van der Waals surface area contributed by atoms with Crippen LogP contribution in [0.2, 0.25) is 0 Å². The maximum absolute atomic E-state index is 11.6. The fourth-order valence-electron chi connectivity index (χ4n) is 1.39. The van der Waals surface area contributed by atoms with Gasteiger partial charge in [0.15, 0.2) is 0 Å². The molecule has 0 radical (unpaired) electrons. The van der Waals surface area contributed by atoms with Crippen LogP contribution in [-0.4, -0.2) is 33.6 Å². The predicted octanol–water partition coefficient (Wildman–Crippen LogP) is 0.183. The molecule has 0 spiro atoms. The van der Waals surface area contributed by atoms with Crippen molar-refractivity contribution in [3.63, 3.8) is 0 Å². The minimum Gasteiger partial charge on any atom is -0.325 e. The maximum Gasteiger partial charge on any atom is 0.365 e. The molecule has 0 aromatic carbocycles. The van der Waals surface area contributed by atoms with Crippen molar-refractivity contribution in [3.8, 4) is 0 Å². The highest BCUT2D eigenvalue weighted by Crippen LogP contribution is 2.14. The maximum atomic E-state index is 11.6. The molecule has 0 bridgehead atoms. The minimum atomic E-state index is -0.824. The summed E-state index contributed by atoms with van der Waals surface area (Å²) in [4.78, 5) is 52.1. The Kier molecular flexibility index (Phi) is 6.14. The van der Waals surface area contributed by atoms with Crippen molar-refractivity contribution < 1.29 is 24.0 Å². The Bertz CT molecular complexity index is 565. The van der Waals surface area contributed by atoms with Crippen LogP contribution in [0.5, 0.6) is 0 Å². The highest BCUT2D eigenvalue weighted by molar-refractivity contribution is 6.02. The number of nitrogen functional groups attached to an aromatic ring is 1. The number of nitrogens with one attached hydrogen (secondary N) is 1. The number of hydrogen-bond acceptors (Lipinski definition) is 8. The number of nitrogens with two attached hydrogens (primary N) is 1. The first-order chi connectivity index (χ1) is 10.3. The third-order valence-corrected chi connectivity index (χ3v) is 2.33. The number of ketones is 1. The summed E-state index contributed by atoms with van der Waals surface area (Å²) in [5, 5.41) is 0.484. The molecule has 0 unspecified atom stereocenters. The van der Waals surface area contributed by atoms with Crippen LogP contribution in [-0.2, 0) is 19.2 Å². The quantitative estimate of drug-likeness (QED) is 0.459. The molecule has 1 aliphatic heterocycles. The van der Waals surface area contributed by atoms with Gasteiger partial charge in [0.2, 0.25) is 0 Å². The van der Waals surface area contributed by atoms with Crippen LogP contribution in [0.25, 0.3) is 0 Å². The molecule has 1 aromatic rings. The molecule has 1 saturated heterocycles. The van der Waals surface area contributed by atoms with Gasteiger partial charge in [-0.05, 0) is 26.0 Å². The van der Waals surface area contributed by atoms with E-state index in [0.29, 0.717) is 10.9 Å². The molecule has 2 rings (SSSR count). The van der Waals surface area contributed by atoms with Gasteiger partial charge in [-0.1, -0.05) is 0 Å². The van der Waals surface area contributed by atoms with Gasteiger partial charge >= 0.3 is 5.97 Å². The van der Waals surface area contributed by atoms with Crippen LogP contribution in [0.4, 0.5) is 5.82 Å². The van der Waals surface area contributed by atoms with Gasteiger partial charge in [-0.15, -0.1) is 5.06 Å². The summed E-state index contributed by atoms with van der Waals surface area (Å²) in [6.07, 6.45) is 1.34. The molecule has 0 atom stereocenters. The Morgan fingerprint density at radius 3 is 2.18 bits per heavy atom. The van der Waals surface area contributed by atoms with Crippen molar-refractivity contribution >= 4 is 29.4 Å². The number of nitrogens with zero attached hydrogens (tertiary/aromatic N) is 2. The Balaban J connectivity index is 0.000000541. The van der Waals surface area contributed by atoms with E-state index in [1.807, 2.05) is 0 Å². The van der Waals surface area contributed by atoms with E-state index >= 15 is 0 Å². The zero-order chi connectivity index (χ0) is 16.7. The number of hydroxylamine groups is 2. The number of amides is 2. The summed E-state index contributed by atoms with van der Waals surface area (Å²) in [5.74, 6) is 3.78. The van der Waals surface area contributed by atoms with Crippen molar-refractivity contribution in [1.82, 2.24) is 10.0 Å². The number of imide groups is 1. The van der Waals surface area contributed by atoms with E-state index in [-0.39, 0.29) is 24.2 Å². The standard InChI is InChI=1S/C10H10N4O4.C3H6O/c11-13-7-2-1-6(5-12-7)10(17)18-14-8(15)3-4-9(14)16;1-3(2)4/h1-2,5H,3-4,11H2,(H,12,13);1-2H3. The lowest BCUT2D eigenvalue weighted by Gasteiger charge is -2.12. The lowest BCUT2D eigenvalue weighted by molar-refractivity contribution is -0.172. The number of Topliss-reactive ketones (excluding diaryl/α,β-unsaturated/α-hetero) is 1. The first-order valence-electron chi connectivity index (χ1n) is 6.33. The molecule has 9 nitrogen and oxygen atoms in total. The molecule has 22 heavy (non-hydrogen) atoms. The number of hydrazine groups is 1. The molecule has 0 saturated carbocycles. The third kappa shape index (κ3) is 4.94. The molecule has 2 amide bonds. The van der Waals surface area contributed by atoms with Gasteiger partial charge in [0, 0.05) is 19.0 Å². The van der Waals surface area contributed by atoms with Gasteiger partial charge in [0.1, 0.15) is 11.6 Å². The minimum absolute atomic E-state index is 0.0559. The fourth-order valence-corrected chi connectivity index (χ4v) is 1.39. The zero-order valence-corrected chi connectivity index (χ0v) is 12.2. The summed E-state index contributed by atoms with van der Waals surface area (Å²) in [6.45, 7) is 3.06. The van der Waals surface area contributed by atoms with Crippen molar-refractivity contribution in [2.24, 2.45) is 5.84 Å². The monoisotopic (exact) mass is 308 g/mol. The van der Waals surface area contributed by atoms with E-state index < -0.39 is 17.8 Å². The van der Waals surface area contributed by atoms with Crippen LogP contribution < -0.4 is 11.3 Å². The molecule has 1 fully saturated rings. The van der Waals surface area contributed by atoms with Crippen molar-refractivity contribution in [3.05, 3.63) is 23.9 Å². The van der Waals surface area contributed by atoms with Gasteiger partial charge in [0.05, 0.1) is 5.56 Å². The molecule has 2 heterocycles. The van der Waals surface area contributed by atoms with Crippen LogP contribution >= 0.6 is 0 Å². The number of aromatic nitrogens is 1. The number of carbonyl (C=O) groups is 4. The van der Waals surface area contributed by atoms with E-state index in [1.165, 1.54) is 32.2 Å². The number of hydrogen-bond donors (Lipinski definition) is 2. The third-order valence-electron chi connectivity index (χ3n) is 2.33. The summed E-state index contributed by atoms with van der Waals surface area (Å²) >= 11 is 0. The Morgan fingerprint density at radius 2 is 1.77 bits per heavy atom. The van der Waals surface area contributed by atoms with E-state index in [1.54, 1.807) is 0 Å². The van der Waals surface area contributed by atoms with Gasteiger partial charge in [-0.25, -0.2) is 15.6 Å². The van der Waals surface area contributed by atoms with Crippen LogP contribution in [0.1, 0.15) is 37.0 Å². The summed E-state index contributed by atoms with van der Waals surface area (Å²) in [7, 11) is 0. The topological polar surface area (TPSA) is 132 Å². The normalized spacial score (nSPS) is 13.3. The van der Waals surface area contributed by atoms with Crippen molar-refractivity contribution in [1.29, 1.82) is 0 Å². The highest BCUT2D eigenvalue weighted by Gasteiger charge is 2.33. The van der Waals surface area contributed by atoms with Gasteiger partial charge in [-0.3, -0.25) is 9.59 Å². The van der Waals surface area contributed by atoms with Crippen molar-refractivity contribution in [2.75, 3.05) is 5.43 Å². The van der Waals surface area contributed by atoms with E-state index in [9.17, 15) is 19.2 Å². The lowest BCUT2D eigenvalue weighted by atomic mass is 10.3. The zero-order valence-electron chi connectivity index (χ0n) is 12.2. The first-order valence-corrected chi connectivity index (χ1v) is 6.33. The van der Waals surface area contributed by atoms with Crippen molar-refractivity contribution in [2.45, 2.75) is 26.7 Å².